The van der Waals surface area contributed by atoms with Crippen molar-refractivity contribution in [3.05, 3.63) is 34.9 Å². The fourth-order valence-electron chi connectivity index (χ4n) is 1.31. The first kappa shape index (κ1) is 15.8. The fourth-order valence-corrected chi connectivity index (χ4v) is 1.44. The van der Waals surface area contributed by atoms with Crippen LogP contribution in [-0.4, -0.2) is 17.6 Å². The molecular weight excluding hydrogens is 281 g/mol. The molecule has 0 fully saturated rings. The van der Waals surface area contributed by atoms with Crippen molar-refractivity contribution in [3.63, 3.8) is 0 Å². The smallest absolute Gasteiger partial charge is 0.348 e. The number of benzene rings is 1. The summed E-state index contributed by atoms with van der Waals surface area (Å²) < 4.78 is 37.8. The molecule has 3 nitrogen and oxygen atoms in total. The molecule has 0 bridgehead atoms. The molecule has 0 saturated carbocycles. The Bertz CT molecular complexity index is 457. The van der Waals surface area contributed by atoms with Crippen molar-refractivity contribution in [1.29, 1.82) is 0 Å². The van der Waals surface area contributed by atoms with Gasteiger partial charge in [0.25, 0.3) is 0 Å². The Morgan fingerprint density at radius 1 is 1.32 bits per heavy atom. The second-order valence-corrected chi connectivity index (χ2v) is 4.88. The standard InChI is InChI=1S/C12H14ClF3N2O/c1-7(8-3-5-9(13)6-4-8)18-10(19)11(2,17)12(14,15)16/h3-7H,17H2,1-2H3,(H,18,19)/t7-,11?/m1/s1. The van der Waals surface area contributed by atoms with Gasteiger partial charge in [-0.25, -0.2) is 0 Å². The SMILES string of the molecule is C[C@@H](NC(=O)C(C)(N)C(F)(F)F)c1ccc(Cl)cc1. The molecule has 1 amide bonds. The van der Waals surface area contributed by atoms with Gasteiger partial charge >= 0.3 is 6.18 Å². The summed E-state index contributed by atoms with van der Waals surface area (Å²) in [5, 5.41) is 2.74. The van der Waals surface area contributed by atoms with Gasteiger partial charge in [-0.15, -0.1) is 0 Å². The second kappa shape index (κ2) is 5.38. The van der Waals surface area contributed by atoms with E-state index in [9.17, 15) is 18.0 Å². The van der Waals surface area contributed by atoms with Crippen molar-refractivity contribution in [1.82, 2.24) is 5.32 Å². The van der Waals surface area contributed by atoms with E-state index in [1.807, 2.05) is 0 Å². The largest absolute Gasteiger partial charge is 0.415 e. The Labute approximate surface area is 113 Å². The summed E-state index contributed by atoms with van der Waals surface area (Å²) in [5.74, 6) is -1.28. The first-order valence-corrected chi connectivity index (χ1v) is 5.85. The highest BCUT2D eigenvalue weighted by atomic mass is 35.5. The van der Waals surface area contributed by atoms with E-state index in [0.29, 0.717) is 17.5 Å². The monoisotopic (exact) mass is 294 g/mol. The van der Waals surface area contributed by atoms with E-state index in [1.54, 1.807) is 31.2 Å². The van der Waals surface area contributed by atoms with Crippen LogP contribution in [0.3, 0.4) is 0 Å². The van der Waals surface area contributed by atoms with Gasteiger partial charge in [0, 0.05) is 5.02 Å². The van der Waals surface area contributed by atoms with Crippen molar-refractivity contribution in [2.24, 2.45) is 5.73 Å². The number of carbonyl (C=O) groups is 1. The molecule has 0 radical (unpaired) electrons. The fraction of sp³-hybridized carbons (Fsp3) is 0.417. The van der Waals surface area contributed by atoms with Crippen LogP contribution in [0, 0.1) is 0 Å². The van der Waals surface area contributed by atoms with Crippen molar-refractivity contribution >= 4 is 17.5 Å². The molecule has 0 aliphatic heterocycles. The number of nitrogens with two attached hydrogens (primary N) is 1. The third-order valence-electron chi connectivity index (χ3n) is 2.78. The minimum Gasteiger partial charge on any atom is -0.348 e. The summed E-state index contributed by atoms with van der Waals surface area (Å²) in [5.41, 5.74) is 2.74. The van der Waals surface area contributed by atoms with Crippen LogP contribution in [-0.2, 0) is 4.79 Å². The molecule has 2 atom stereocenters. The Kier molecular flexibility index (Phi) is 4.47. The van der Waals surface area contributed by atoms with E-state index in [-0.39, 0.29) is 0 Å². The van der Waals surface area contributed by atoms with Gasteiger partial charge in [0.2, 0.25) is 5.91 Å². The van der Waals surface area contributed by atoms with E-state index in [1.165, 1.54) is 0 Å². The van der Waals surface area contributed by atoms with Crippen LogP contribution < -0.4 is 11.1 Å². The summed E-state index contributed by atoms with van der Waals surface area (Å²) in [6.45, 7) is 2.20. The Morgan fingerprint density at radius 3 is 2.21 bits per heavy atom. The van der Waals surface area contributed by atoms with E-state index >= 15 is 0 Å². The lowest BCUT2D eigenvalue weighted by molar-refractivity contribution is -0.187. The second-order valence-electron chi connectivity index (χ2n) is 4.45. The van der Waals surface area contributed by atoms with Crippen molar-refractivity contribution < 1.29 is 18.0 Å². The average molecular weight is 295 g/mol. The minimum atomic E-state index is -4.81. The molecule has 106 valence electrons. The number of hydrogen-bond donors (Lipinski definition) is 2. The maximum atomic E-state index is 12.6. The molecule has 1 unspecified atom stereocenters. The first-order valence-electron chi connectivity index (χ1n) is 5.47. The maximum Gasteiger partial charge on any atom is 0.415 e. The molecule has 1 aromatic carbocycles. The van der Waals surface area contributed by atoms with E-state index in [4.69, 9.17) is 17.3 Å². The number of carbonyl (C=O) groups excluding carboxylic acids is 1. The highest BCUT2D eigenvalue weighted by Gasteiger charge is 2.54. The number of amides is 1. The van der Waals surface area contributed by atoms with Crippen LogP contribution in [0.15, 0.2) is 24.3 Å². The summed E-state index contributed by atoms with van der Waals surface area (Å²) in [7, 11) is 0. The molecule has 0 heterocycles. The summed E-state index contributed by atoms with van der Waals surface area (Å²) in [6, 6.07) is 5.81. The van der Waals surface area contributed by atoms with Gasteiger partial charge < -0.3 is 11.1 Å². The van der Waals surface area contributed by atoms with Gasteiger partial charge in [0.1, 0.15) is 0 Å². The zero-order valence-electron chi connectivity index (χ0n) is 10.4. The van der Waals surface area contributed by atoms with Gasteiger partial charge in [-0.2, -0.15) is 13.2 Å². The van der Waals surface area contributed by atoms with Crippen LogP contribution in [0.1, 0.15) is 25.5 Å². The van der Waals surface area contributed by atoms with Crippen molar-refractivity contribution in [2.75, 3.05) is 0 Å². The number of nitrogens with one attached hydrogen (secondary N) is 1. The van der Waals surface area contributed by atoms with E-state index in [2.05, 4.69) is 5.32 Å². The molecule has 3 N–H and O–H groups in total. The van der Waals surface area contributed by atoms with Gasteiger partial charge in [0.15, 0.2) is 5.54 Å². The van der Waals surface area contributed by atoms with E-state index < -0.39 is 23.7 Å². The van der Waals surface area contributed by atoms with Crippen LogP contribution in [0.5, 0.6) is 0 Å². The number of rotatable bonds is 3. The Hall–Kier alpha value is -1.27. The lowest BCUT2D eigenvalue weighted by Crippen LogP contribution is -2.61. The highest BCUT2D eigenvalue weighted by molar-refractivity contribution is 6.30. The third-order valence-corrected chi connectivity index (χ3v) is 3.03. The Balaban J connectivity index is 2.80. The molecule has 1 aromatic rings. The molecule has 0 saturated heterocycles. The van der Waals surface area contributed by atoms with Crippen LogP contribution in [0.4, 0.5) is 13.2 Å². The van der Waals surface area contributed by atoms with Crippen LogP contribution in [0.2, 0.25) is 5.02 Å². The Morgan fingerprint density at radius 2 is 1.79 bits per heavy atom. The zero-order valence-corrected chi connectivity index (χ0v) is 11.1. The molecule has 1 rings (SSSR count). The van der Waals surface area contributed by atoms with Crippen molar-refractivity contribution in [2.45, 2.75) is 31.6 Å². The van der Waals surface area contributed by atoms with E-state index in [0.717, 1.165) is 0 Å². The lowest BCUT2D eigenvalue weighted by Gasteiger charge is -2.28. The number of alkyl halides is 3. The molecule has 0 aliphatic rings. The van der Waals surface area contributed by atoms with Gasteiger partial charge in [0.05, 0.1) is 6.04 Å². The first-order chi connectivity index (χ1) is 8.55. The quantitative estimate of drug-likeness (QED) is 0.900. The molecule has 7 heteroatoms. The molecule has 0 spiro atoms. The van der Waals surface area contributed by atoms with Gasteiger partial charge in [-0.05, 0) is 31.5 Å². The number of hydrogen-bond acceptors (Lipinski definition) is 2. The predicted octanol–water partition coefficient (Wildman–Crippen LogP) is 2.80. The molecule has 19 heavy (non-hydrogen) atoms. The zero-order chi connectivity index (χ0) is 14.8. The minimum absolute atomic E-state index is 0.501. The predicted molar refractivity (Wildman–Crippen MR) is 66.7 cm³/mol. The average Bonchev–Trinajstić information content (AvgIpc) is 2.28. The lowest BCUT2D eigenvalue weighted by atomic mass is 10.0. The number of halogens is 4. The van der Waals surface area contributed by atoms with Gasteiger partial charge in [-0.1, -0.05) is 23.7 Å². The summed E-state index contributed by atoms with van der Waals surface area (Å²) >= 11 is 5.70. The van der Waals surface area contributed by atoms with Crippen LogP contribution >= 0.6 is 11.6 Å². The molecule has 0 aromatic heterocycles. The third kappa shape index (κ3) is 3.61. The normalized spacial score (nSPS) is 16.6. The summed E-state index contributed by atoms with van der Waals surface area (Å²) in [4.78, 5) is 11.6. The summed E-state index contributed by atoms with van der Waals surface area (Å²) in [6.07, 6.45) is -4.81. The maximum absolute atomic E-state index is 12.6. The highest BCUT2D eigenvalue weighted by Crippen LogP contribution is 2.28. The van der Waals surface area contributed by atoms with Gasteiger partial charge in [-0.3, -0.25) is 4.79 Å². The molecular formula is C12H14ClF3N2O. The van der Waals surface area contributed by atoms with Crippen molar-refractivity contribution in [3.8, 4) is 0 Å². The molecule has 0 aliphatic carbocycles. The topological polar surface area (TPSA) is 55.1 Å². The van der Waals surface area contributed by atoms with Crippen LogP contribution in [0.25, 0.3) is 0 Å².